The third kappa shape index (κ3) is 3.31. The molecule has 2 heterocycles. The van der Waals surface area contributed by atoms with E-state index in [4.69, 9.17) is 13.6 Å². The Bertz CT molecular complexity index is 1110. The average molecular weight is 354 g/mol. The van der Waals surface area contributed by atoms with Crippen molar-refractivity contribution in [2.24, 2.45) is 0 Å². The van der Waals surface area contributed by atoms with Crippen molar-refractivity contribution in [2.75, 3.05) is 0 Å². The van der Waals surface area contributed by atoms with Gasteiger partial charge >= 0.3 is 17.2 Å². The first-order chi connectivity index (χ1) is 12.3. The van der Waals surface area contributed by atoms with Gasteiger partial charge in [-0.2, -0.15) is 0 Å². The van der Waals surface area contributed by atoms with Crippen molar-refractivity contribution in [3.8, 4) is 0 Å². The summed E-state index contributed by atoms with van der Waals surface area (Å²) in [5.41, 5.74) is 2.70. The maximum absolute atomic E-state index is 12.4. The molecule has 0 aliphatic carbocycles. The van der Waals surface area contributed by atoms with Crippen molar-refractivity contribution < 1.29 is 18.4 Å². The van der Waals surface area contributed by atoms with Gasteiger partial charge in [-0.1, -0.05) is 0 Å². The second-order valence-corrected chi connectivity index (χ2v) is 6.28. The molecule has 0 unspecified atom stereocenters. The highest BCUT2D eigenvalue weighted by Crippen LogP contribution is 2.23. The fraction of sp³-hybridized carbons (Fsp3) is 0.250. The fourth-order valence-electron chi connectivity index (χ4n) is 2.88. The first-order valence-electron chi connectivity index (χ1n) is 8.08. The van der Waals surface area contributed by atoms with Crippen LogP contribution in [0, 0.1) is 27.7 Å². The molecule has 26 heavy (non-hydrogen) atoms. The minimum Gasteiger partial charge on any atom is -0.457 e. The molecule has 0 N–H and O–H groups in total. The van der Waals surface area contributed by atoms with Crippen LogP contribution in [-0.2, 0) is 11.3 Å². The molecule has 3 aromatic rings. The highest BCUT2D eigenvalue weighted by atomic mass is 16.5. The average Bonchev–Trinajstić information content (AvgIpc) is 2.53. The van der Waals surface area contributed by atoms with E-state index in [2.05, 4.69) is 0 Å². The van der Waals surface area contributed by atoms with Crippen LogP contribution in [0.2, 0.25) is 0 Å². The van der Waals surface area contributed by atoms with E-state index < -0.39 is 17.2 Å². The number of fused-ring (bicyclic) bond motifs is 1. The topological polar surface area (TPSA) is 86.7 Å². The molecule has 6 nitrogen and oxygen atoms in total. The zero-order valence-electron chi connectivity index (χ0n) is 15.0. The standard InChI is InChI=1S/C20H18O6/c1-10-5-15-14(8-18(22)26-16(15)6-11(10)2)9-24-20(23)19-12(3)7-17(21)25-13(19)4/h5-8H,9H2,1-4H3. The number of rotatable bonds is 3. The normalized spacial score (nSPS) is 10.9. The Morgan fingerprint density at radius 1 is 0.885 bits per heavy atom. The summed E-state index contributed by atoms with van der Waals surface area (Å²) in [6.07, 6.45) is 0. The maximum Gasteiger partial charge on any atom is 0.342 e. The molecule has 0 fully saturated rings. The zero-order valence-corrected chi connectivity index (χ0v) is 15.0. The van der Waals surface area contributed by atoms with Crippen LogP contribution < -0.4 is 11.3 Å². The zero-order chi connectivity index (χ0) is 19.0. The van der Waals surface area contributed by atoms with Crippen molar-refractivity contribution in [3.05, 3.63) is 78.7 Å². The van der Waals surface area contributed by atoms with E-state index in [9.17, 15) is 14.4 Å². The van der Waals surface area contributed by atoms with E-state index in [1.165, 1.54) is 19.1 Å². The molecule has 134 valence electrons. The number of ether oxygens (including phenoxy) is 1. The fourth-order valence-corrected chi connectivity index (χ4v) is 2.88. The molecule has 0 aliphatic heterocycles. The van der Waals surface area contributed by atoms with E-state index in [-0.39, 0.29) is 17.9 Å². The third-order valence-corrected chi connectivity index (χ3v) is 4.34. The number of aryl methyl sites for hydroxylation is 4. The second kappa shape index (κ2) is 6.63. The van der Waals surface area contributed by atoms with Gasteiger partial charge in [0, 0.05) is 23.1 Å². The molecule has 0 bridgehead atoms. The lowest BCUT2D eigenvalue weighted by Gasteiger charge is -2.11. The highest BCUT2D eigenvalue weighted by Gasteiger charge is 2.18. The largest absolute Gasteiger partial charge is 0.457 e. The lowest BCUT2D eigenvalue weighted by Crippen LogP contribution is -2.13. The summed E-state index contributed by atoms with van der Waals surface area (Å²) >= 11 is 0. The first-order valence-corrected chi connectivity index (χ1v) is 8.08. The lowest BCUT2D eigenvalue weighted by atomic mass is 10.0. The van der Waals surface area contributed by atoms with E-state index in [1.54, 1.807) is 13.0 Å². The molecule has 0 aliphatic rings. The van der Waals surface area contributed by atoms with Crippen molar-refractivity contribution in [3.63, 3.8) is 0 Å². The smallest absolute Gasteiger partial charge is 0.342 e. The minimum absolute atomic E-state index is 0.0958. The Hall–Kier alpha value is -3.15. The number of hydrogen-bond acceptors (Lipinski definition) is 6. The summed E-state index contributed by atoms with van der Waals surface area (Å²) in [6.45, 7) is 6.95. The van der Waals surface area contributed by atoms with Crippen molar-refractivity contribution in [1.82, 2.24) is 0 Å². The predicted molar refractivity (Wildman–Crippen MR) is 95.5 cm³/mol. The Labute approximate surface area is 149 Å². The van der Waals surface area contributed by atoms with E-state index in [0.29, 0.717) is 22.1 Å². The lowest BCUT2D eigenvalue weighted by molar-refractivity contribution is 0.0468. The summed E-state index contributed by atoms with van der Waals surface area (Å²) in [6, 6.07) is 6.24. The summed E-state index contributed by atoms with van der Waals surface area (Å²) in [5.74, 6) is -0.419. The van der Waals surface area contributed by atoms with E-state index in [1.807, 2.05) is 19.9 Å². The quantitative estimate of drug-likeness (QED) is 0.530. The van der Waals surface area contributed by atoms with Crippen LogP contribution in [0.1, 0.15) is 38.4 Å². The number of carbonyl (C=O) groups is 1. The van der Waals surface area contributed by atoms with Crippen LogP contribution in [0.3, 0.4) is 0 Å². The Morgan fingerprint density at radius 2 is 1.54 bits per heavy atom. The summed E-state index contributed by atoms with van der Waals surface area (Å²) < 4.78 is 15.6. The third-order valence-electron chi connectivity index (χ3n) is 4.34. The van der Waals surface area contributed by atoms with Crippen LogP contribution in [0.4, 0.5) is 0 Å². The minimum atomic E-state index is -0.617. The summed E-state index contributed by atoms with van der Waals surface area (Å²) in [5, 5.41) is 0.716. The molecule has 0 spiro atoms. The van der Waals surface area contributed by atoms with E-state index >= 15 is 0 Å². The van der Waals surface area contributed by atoms with Gasteiger partial charge in [0.1, 0.15) is 23.5 Å². The van der Waals surface area contributed by atoms with Crippen LogP contribution in [-0.4, -0.2) is 5.97 Å². The Morgan fingerprint density at radius 3 is 2.23 bits per heavy atom. The molecule has 2 aromatic heterocycles. The number of esters is 1. The number of hydrogen-bond donors (Lipinski definition) is 0. The van der Waals surface area contributed by atoms with E-state index in [0.717, 1.165) is 11.1 Å². The van der Waals surface area contributed by atoms with Gasteiger partial charge in [0.25, 0.3) is 0 Å². The Kier molecular flexibility index (Phi) is 4.50. The van der Waals surface area contributed by atoms with Gasteiger partial charge in [-0.15, -0.1) is 0 Å². The molecule has 1 aromatic carbocycles. The number of carbonyl (C=O) groups excluding carboxylic acids is 1. The van der Waals surface area contributed by atoms with Gasteiger partial charge in [-0.3, -0.25) is 0 Å². The monoisotopic (exact) mass is 354 g/mol. The SMILES string of the molecule is Cc1cc2oc(=O)cc(COC(=O)c3c(C)cc(=O)oc3C)c2cc1C. The summed E-state index contributed by atoms with van der Waals surface area (Å²) in [7, 11) is 0. The van der Waals surface area contributed by atoms with Gasteiger partial charge in [-0.25, -0.2) is 14.4 Å². The predicted octanol–water partition coefficient (Wildman–Crippen LogP) is 3.34. The van der Waals surface area contributed by atoms with Crippen LogP contribution >= 0.6 is 0 Å². The molecule has 0 amide bonds. The molecule has 0 atom stereocenters. The summed E-state index contributed by atoms with van der Waals surface area (Å²) in [4.78, 5) is 35.6. The van der Waals surface area contributed by atoms with Gasteiger partial charge in [0.2, 0.25) is 0 Å². The van der Waals surface area contributed by atoms with Crippen molar-refractivity contribution in [1.29, 1.82) is 0 Å². The molecule has 0 radical (unpaired) electrons. The molecule has 0 saturated heterocycles. The van der Waals surface area contributed by atoms with Crippen molar-refractivity contribution in [2.45, 2.75) is 34.3 Å². The van der Waals surface area contributed by atoms with Gasteiger partial charge in [0.05, 0.1) is 0 Å². The van der Waals surface area contributed by atoms with Crippen LogP contribution in [0.5, 0.6) is 0 Å². The molecule has 3 rings (SSSR count). The molecule has 6 heteroatoms. The Balaban J connectivity index is 1.95. The number of benzene rings is 1. The second-order valence-electron chi connectivity index (χ2n) is 6.28. The molecular weight excluding hydrogens is 336 g/mol. The first kappa shape index (κ1) is 17.7. The van der Waals surface area contributed by atoms with Crippen LogP contribution in [0.25, 0.3) is 11.0 Å². The molecule has 0 saturated carbocycles. The van der Waals surface area contributed by atoms with Crippen LogP contribution in [0.15, 0.2) is 42.7 Å². The van der Waals surface area contributed by atoms with Gasteiger partial charge in [0.15, 0.2) is 0 Å². The van der Waals surface area contributed by atoms with Gasteiger partial charge < -0.3 is 13.6 Å². The van der Waals surface area contributed by atoms with Crippen molar-refractivity contribution >= 4 is 16.9 Å². The van der Waals surface area contributed by atoms with Gasteiger partial charge in [-0.05, 0) is 56.5 Å². The maximum atomic E-state index is 12.4. The molecular formula is C20H18O6. The highest BCUT2D eigenvalue weighted by molar-refractivity contribution is 5.92.